The molecule has 1 aromatic heterocycles. The lowest BCUT2D eigenvalue weighted by atomic mass is 10.1. The first kappa shape index (κ1) is 17.5. The van der Waals surface area contributed by atoms with Gasteiger partial charge in [-0.3, -0.25) is 9.59 Å². The second kappa shape index (κ2) is 8.70. The van der Waals surface area contributed by atoms with E-state index in [0.717, 1.165) is 5.56 Å². The van der Waals surface area contributed by atoms with Crippen LogP contribution in [0.1, 0.15) is 41.0 Å². The van der Waals surface area contributed by atoms with E-state index in [-0.39, 0.29) is 17.9 Å². The molecule has 122 valence electrons. The molecule has 1 unspecified atom stereocenters. The van der Waals surface area contributed by atoms with Crippen LogP contribution in [0.5, 0.6) is 0 Å². The second-order valence-electron chi connectivity index (χ2n) is 5.18. The lowest BCUT2D eigenvalue weighted by Crippen LogP contribution is -2.28. The quantitative estimate of drug-likeness (QED) is 0.746. The van der Waals surface area contributed by atoms with Gasteiger partial charge in [-0.25, -0.2) is 0 Å². The summed E-state index contributed by atoms with van der Waals surface area (Å²) >= 11 is 7.25. The third kappa shape index (κ3) is 5.69. The zero-order valence-electron chi connectivity index (χ0n) is 12.8. The van der Waals surface area contributed by atoms with Gasteiger partial charge in [-0.15, -0.1) is 11.3 Å². The van der Waals surface area contributed by atoms with Gasteiger partial charge in [0.2, 0.25) is 5.91 Å². The van der Waals surface area contributed by atoms with Crippen molar-refractivity contribution in [3.05, 3.63) is 57.2 Å². The Morgan fingerprint density at radius 1 is 1.22 bits per heavy atom. The third-order valence-electron chi connectivity index (χ3n) is 3.36. The molecule has 23 heavy (non-hydrogen) atoms. The highest BCUT2D eigenvalue weighted by Crippen LogP contribution is 2.16. The number of amides is 2. The summed E-state index contributed by atoms with van der Waals surface area (Å²) in [6.07, 6.45) is 0.985. The first-order valence-electron chi connectivity index (χ1n) is 7.43. The smallest absolute Gasteiger partial charge is 0.261 e. The van der Waals surface area contributed by atoms with Crippen LogP contribution in [0, 0.1) is 0 Å². The Hall–Kier alpha value is -1.85. The van der Waals surface area contributed by atoms with E-state index >= 15 is 0 Å². The summed E-state index contributed by atoms with van der Waals surface area (Å²) in [6.45, 7) is 2.42. The molecule has 0 spiro atoms. The summed E-state index contributed by atoms with van der Waals surface area (Å²) in [4.78, 5) is 24.3. The van der Waals surface area contributed by atoms with Crippen LogP contribution in [-0.2, 0) is 4.79 Å². The zero-order valence-corrected chi connectivity index (χ0v) is 14.4. The molecule has 1 heterocycles. The molecule has 0 saturated heterocycles. The topological polar surface area (TPSA) is 58.2 Å². The Morgan fingerprint density at radius 3 is 2.61 bits per heavy atom. The van der Waals surface area contributed by atoms with Gasteiger partial charge in [0, 0.05) is 18.0 Å². The predicted molar refractivity (Wildman–Crippen MR) is 93.9 cm³/mol. The van der Waals surface area contributed by atoms with Gasteiger partial charge in [0.15, 0.2) is 0 Å². The number of thiophene rings is 1. The molecular weight excluding hydrogens is 332 g/mol. The van der Waals surface area contributed by atoms with Crippen molar-refractivity contribution in [1.82, 2.24) is 10.6 Å². The Kier molecular flexibility index (Phi) is 6.62. The van der Waals surface area contributed by atoms with Gasteiger partial charge < -0.3 is 10.6 Å². The van der Waals surface area contributed by atoms with Crippen LogP contribution in [0.15, 0.2) is 41.8 Å². The minimum atomic E-state index is -0.0880. The van der Waals surface area contributed by atoms with Gasteiger partial charge in [0.05, 0.1) is 10.9 Å². The van der Waals surface area contributed by atoms with Gasteiger partial charge in [-0.1, -0.05) is 29.8 Å². The molecule has 2 aromatic rings. The number of halogens is 1. The molecule has 0 radical (unpaired) electrons. The molecule has 1 atom stereocenters. The van der Waals surface area contributed by atoms with Crippen LogP contribution >= 0.6 is 22.9 Å². The maximum absolute atomic E-state index is 11.9. The van der Waals surface area contributed by atoms with Gasteiger partial charge >= 0.3 is 0 Å². The zero-order chi connectivity index (χ0) is 16.7. The molecular formula is C17H19ClN2O2S. The van der Waals surface area contributed by atoms with Crippen LogP contribution in [-0.4, -0.2) is 18.4 Å². The van der Waals surface area contributed by atoms with E-state index in [1.165, 1.54) is 11.3 Å². The molecule has 2 amide bonds. The highest BCUT2D eigenvalue weighted by Gasteiger charge is 2.10. The minimum absolute atomic E-state index is 0.0298. The first-order valence-corrected chi connectivity index (χ1v) is 8.68. The Bertz CT molecular complexity index is 641. The van der Waals surface area contributed by atoms with Crippen molar-refractivity contribution in [3.63, 3.8) is 0 Å². The molecule has 0 fully saturated rings. The Labute approximate surface area is 144 Å². The number of rotatable bonds is 7. The number of hydrogen-bond donors (Lipinski definition) is 2. The normalized spacial score (nSPS) is 11.7. The molecule has 0 saturated carbocycles. The van der Waals surface area contributed by atoms with E-state index in [1.807, 2.05) is 30.5 Å². The van der Waals surface area contributed by atoms with Crippen molar-refractivity contribution in [1.29, 1.82) is 0 Å². The summed E-state index contributed by atoms with van der Waals surface area (Å²) in [7, 11) is 0. The lowest BCUT2D eigenvalue weighted by Gasteiger charge is -2.14. The van der Waals surface area contributed by atoms with Crippen molar-refractivity contribution >= 4 is 34.8 Å². The van der Waals surface area contributed by atoms with Crippen molar-refractivity contribution in [2.45, 2.75) is 25.8 Å². The van der Waals surface area contributed by atoms with Crippen LogP contribution < -0.4 is 10.6 Å². The minimum Gasteiger partial charge on any atom is -0.351 e. The average molecular weight is 351 g/mol. The lowest BCUT2D eigenvalue weighted by molar-refractivity contribution is -0.121. The molecule has 2 N–H and O–H groups in total. The van der Waals surface area contributed by atoms with Crippen LogP contribution in [0.2, 0.25) is 5.02 Å². The van der Waals surface area contributed by atoms with E-state index in [9.17, 15) is 9.59 Å². The van der Waals surface area contributed by atoms with Crippen molar-refractivity contribution in [3.8, 4) is 0 Å². The average Bonchev–Trinajstić information content (AvgIpc) is 3.06. The summed E-state index contributed by atoms with van der Waals surface area (Å²) in [5.74, 6) is -0.118. The summed E-state index contributed by atoms with van der Waals surface area (Å²) in [6, 6.07) is 11.0. The molecule has 0 aliphatic rings. The van der Waals surface area contributed by atoms with Crippen LogP contribution in [0.25, 0.3) is 0 Å². The fourth-order valence-corrected chi connectivity index (χ4v) is 2.86. The third-order valence-corrected chi connectivity index (χ3v) is 4.48. The molecule has 6 heteroatoms. The fraction of sp³-hybridized carbons (Fsp3) is 0.294. The molecule has 4 nitrogen and oxygen atoms in total. The molecule has 0 bridgehead atoms. The largest absolute Gasteiger partial charge is 0.351 e. The van der Waals surface area contributed by atoms with Crippen molar-refractivity contribution < 1.29 is 9.59 Å². The summed E-state index contributed by atoms with van der Waals surface area (Å²) in [5, 5.41) is 8.28. The first-order chi connectivity index (χ1) is 11.1. The predicted octanol–water partition coefficient (Wildman–Crippen LogP) is 3.79. The molecule has 2 rings (SSSR count). The number of hydrogen-bond acceptors (Lipinski definition) is 3. The maximum Gasteiger partial charge on any atom is 0.261 e. The molecule has 1 aromatic carbocycles. The van der Waals surface area contributed by atoms with E-state index in [0.29, 0.717) is 29.3 Å². The van der Waals surface area contributed by atoms with Gasteiger partial charge in [-0.05, 0) is 42.5 Å². The number of nitrogens with one attached hydrogen (secondary N) is 2. The van der Waals surface area contributed by atoms with Crippen LogP contribution in [0.4, 0.5) is 0 Å². The SMILES string of the molecule is CC(NC(=O)CCCNC(=O)c1cccs1)c1ccc(Cl)cc1. The van der Waals surface area contributed by atoms with Gasteiger partial charge in [-0.2, -0.15) is 0 Å². The number of carbonyl (C=O) groups is 2. The van der Waals surface area contributed by atoms with Crippen LogP contribution in [0.3, 0.4) is 0 Å². The Morgan fingerprint density at radius 2 is 1.96 bits per heavy atom. The van der Waals surface area contributed by atoms with E-state index in [2.05, 4.69) is 10.6 Å². The van der Waals surface area contributed by atoms with E-state index in [1.54, 1.807) is 18.2 Å². The van der Waals surface area contributed by atoms with Crippen molar-refractivity contribution in [2.75, 3.05) is 6.54 Å². The standard InChI is InChI=1S/C17H19ClN2O2S/c1-12(13-6-8-14(18)9-7-13)20-16(21)5-2-10-19-17(22)15-4-3-11-23-15/h3-4,6-9,11-12H,2,5,10H2,1H3,(H,19,22)(H,20,21). The molecule has 0 aliphatic heterocycles. The monoisotopic (exact) mass is 350 g/mol. The fourth-order valence-electron chi connectivity index (χ4n) is 2.09. The van der Waals surface area contributed by atoms with E-state index < -0.39 is 0 Å². The van der Waals surface area contributed by atoms with Crippen molar-refractivity contribution in [2.24, 2.45) is 0 Å². The van der Waals surface area contributed by atoms with E-state index in [4.69, 9.17) is 11.6 Å². The second-order valence-corrected chi connectivity index (χ2v) is 6.56. The van der Waals surface area contributed by atoms with Gasteiger partial charge in [0.1, 0.15) is 0 Å². The Balaban J connectivity index is 1.67. The highest BCUT2D eigenvalue weighted by atomic mass is 35.5. The number of carbonyl (C=O) groups excluding carboxylic acids is 2. The molecule has 0 aliphatic carbocycles. The van der Waals surface area contributed by atoms with Gasteiger partial charge in [0.25, 0.3) is 5.91 Å². The maximum atomic E-state index is 11.9. The summed E-state index contributed by atoms with van der Waals surface area (Å²) < 4.78 is 0. The highest BCUT2D eigenvalue weighted by molar-refractivity contribution is 7.12. The summed E-state index contributed by atoms with van der Waals surface area (Å²) in [5.41, 5.74) is 1.01. The number of benzene rings is 1.